The van der Waals surface area contributed by atoms with Crippen LogP contribution in [0, 0.1) is 0 Å². The number of rotatable bonds is 2. The fourth-order valence-corrected chi connectivity index (χ4v) is 2.51. The number of halogens is 1. The maximum Gasteiger partial charge on any atom is 0.239 e. The Morgan fingerprint density at radius 1 is 1.18 bits per heavy atom. The number of nitrogens with zero attached hydrogens (tertiary/aromatic N) is 1. The van der Waals surface area contributed by atoms with E-state index in [4.69, 9.17) is 16.7 Å². The van der Waals surface area contributed by atoms with Crippen LogP contribution >= 0.6 is 11.6 Å². The molecule has 6 heteroatoms. The van der Waals surface area contributed by atoms with E-state index in [0.29, 0.717) is 5.56 Å². The molecule has 1 aromatic heterocycles. The number of hydrogen-bond acceptors (Lipinski definition) is 3. The van der Waals surface area contributed by atoms with Crippen LogP contribution in [0.1, 0.15) is 0 Å². The van der Waals surface area contributed by atoms with Crippen LogP contribution in [0.15, 0.2) is 47.6 Å². The van der Waals surface area contributed by atoms with E-state index in [2.05, 4.69) is 4.98 Å². The average molecular weight is 269 g/mol. The third-order valence-electron chi connectivity index (χ3n) is 2.23. The van der Waals surface area contributed by atoms with Crippen LogP contribution in [0.2, 0.25) is 5.02 Å². The van der Waals surface area contributed by atoms with Crippen molar-refractivity contribution >= 4 is 21.6 Å². The van der Waals surface area contributed by atoms with E-state index in [1.54, 1.807) is 24.5 Å². The summed E-state index contributed by atoms with van der Waals surface area (Å²) in [7, 11) is -3.82. The van der Waals surface area contributed by atoms with Gasteiger partial charge in [-0.2, -0.15) is 0 Å². The van der Waals surface area contributed by atoms with E-state index in [-0.39, 0.29) is 9.92 Å². The number of pyridine rings is 1. The Morgan fingerprint density at radius 3 is 2.53 bits per heavy atom. The molecule has 0 amide bonds. The molecule has 0 bridgehead atoms. The molecule has 4 nitrogen and oxygen atoms in total. The second kappa shape index (κ2) is 4.44. The minimum absolute atomic E-state index is 0.0829. The lowest BCUT2D eigenvalue weighted by Crippen LogP contribution is -2.12. The van der Waals surface area contributed by atoms with Gasteiger partial charge in [0, 0.05) is 18.0 Å². The third-order valence-corrected chi connectivity index (χ3v) is 3.63. The first-order valence-corrected chi connectivity index (χ1v) is 6.63. The van der Waals surface area contributed by atoms with Crippen molar-refractivity contribution in [3.8, 4) is 11.1 Å². The van der Waals surface area contributed by atoms with Crippen LogP contribution < -0.4 is 5.14 Å². The van der Waals surface area contributed by atoms with Crippen molar-refractivity contribution in [1.82, 2.24) is 4.98 Å². The molecule has 2 aromatic rings. The first kappa shape index (κ1) is 12.0. The number of nitrogens with two attached hydrogens (primary N) is 1. The van der Waals surface area contributed by atoms with E-state index in [9.17, 15) is 8.42 Å². The molecule has 0 aliphatic heterocycles. The van der Waals surface area contributed by atoms with Gasteiger partial charge in [-0.1, -0.05) is 23.7 Å². The van der Waals surface area contributed by atoms with Crippen molar-refractivity contribution < 1.29 is 8.42 Å². The molecule has 0 aliphatic carbocycles. The molecule has 0 saturated heterocycles. The highest BCUT2D eigenvalue weighted by Gasteiger charge is 2.13. The monoisotopic (exact) mass is 268 g/mol. The predicted octanol–water partition coefficient (Wildman–Crippen LogP) is 2.05. The summed E-state index contributed by atoms with van der Waals surface area (Å²) in [6, 6.07) is 8.25. The summed E-state index contributed by atoms with van der Waals surface area (Å²) in [6.07, 6.45) is 3.27. The Bertz CT molecular complexity index is 642. The van der Waals surface area contributed by atoms with E-state index in [0.717, 1.165) is 5.56 Å². The Labute approximate surface area is 104 Å². The highest BCUT2D eigenvalue weighted by molar-refractivity contribution is 7.89. The molecule has 0 atom stereocenters. The maximum atomic E-state index is 11.3. The zero-order valence-corrected chi connectivity index (χ0v) is 10.2. The van der Waals surface area contributed by atoms with Gasteiger partial charge in [0.25, 0.3) is 0 Å². The molecule has 0 saturated carbocycles. The molecule has 1 heterocycles. The molecule has 0 fully saturated rings. The molecule has 0 aliphatic rings. The van der Waals surface area contributed by atoms with Gasteiger partial charge < -0.3 is 0 Å². The van der Waals surface area contributed by atoms with Gasteiger partial charge in [0.15, 0.2) is 0 Å². The van der Waals surface area contributed by atoms with Crippen LogP contribution in [0.25, 0.3) is 11.1 Å². The Kier molecular flexibility index (Phi) is 3.15. The maximum absolute atomic E-state index is 11.3. The van der Waals surface area contributed by atoms with E-state index in [1.807, 2.05) is 6.07 Å². The zero-order chi connectivity index (χ0) is 12.5. The minimum atomic E-state index is -3.82. The summed E-state index contributed by atoms with van der Waals surface area (Å²) >= 11 is 5.79. The summed E-state index contributed by atoms with van der Waals surface area (Å²) in [6.45, 7) is 0. The summed E-state index contributed by atoms with van der Waals surface area (Å²) in [5.41, 5.74) is 1.50. The van der Waals surface area contributed by atoms with Crippen LogP contribution in [0.5, 0.6) is 0 Å². The van der Waals surface area contributed by atoms with E-state index in [1.165, 1.54) is 12.1 Å². The molecule has 2 N–H and O–H groups in total. The number of primary sulfonamides is 1. The van der Waals surface area contributed by atoms with Gasteiger partial charge in [0.2, 0.25) is 10.0 Å². The van der Waals surface area contributed by atoms with E-state index < -0.39 is 10.0 Å². The van der Waals surface area contributed by atoms with Crippen molar-refractivity contribution in [2.45, 2.75) is 4.90 Å². The fraction of sp³-hybridized carbons (Fsp3) is 0. The zero-order valence-electron chi connectivity index (χ0n) is 8.67. The van der Waals surface area contributed by atoms with Gasteiger partial charge in [-0.3, -0.25) is 4.98 Å². The quantitative estimate of drug-likeness (QED) is 0.906. The third kappa shape index (κ3) is 2.63. The molecular weight excluding hydrogens is 260 g/mol. The predicted molar refractivity (Wildman–Crippen MR) is 66.1 cm³/mol. The molecule has 88 valence electrons. The van der Waals surface area contributed by atoms with Crippen molar-refractivity contribution in [1.29, 1.82) is 0 Å². The summed E-state index contributed by atoms with van der Waals surface area (Å²) in [5, 5.41) is 5.19. The molecule has 0 radical (unpaired) electrons. The Morgan fingerprint density at radius 2 is 1.94 bits per heavy atom. The highest BCUT2D eigenvalue weighted by Crippen LogP contribution is 2.26. The van der Waals surface area contributed by atoms with Gasteiger partial charge in [0.1, 0.15) is 4.90 Å². The first-order valence-electron chi connectivity index (χ1n) is 4.71. The van der Waals surface area contributed by atoms with Gasteiger partial charge in [-0.15, -0.1) is 0 Å². The van der Waals surface area contributed by atoms with Crippen molar-refractivity contribution in [3.63, 3.8) is 0 Å². The van der Waals surface area contributed by atoms with Crippen molar-refractivity contribution in [2.75, 3.05) is 0 Å². The summed E-state index contributed by atoms with van der Waals surface area (Å²) in [5.74, 6) is 0. The average Bonchev–Trinajstić information content (AvgIpc) is 2.29. The smallest absolute Gasteiger partial charge is 0.239 e. The van der Waals surface area contributed by atoms with Crippen LogP contribution in [0.4, 0.5) is 0 Å². The van der Waals surface area contributed by atoms with Crippen molar-refractivity contribution in [2.24, 2.45) is 5.14 Å². The lowest BCUT2D eigenvalue weighted by atomic mass is 10.1. The number of sulfonamides is 1. The topological polar surface area (TPSA) is 73.1 Å². The number of hydrogen-bond donors (Lipinski definition) is 1. The Balaban J connectivity index is 2.61. The van der Waals surface area contributed by atoms with Gasteiger partial charge in [-0.05, 0) is 23.8 Å². The van der Waals surface area contributed by atoms with Crippen LogP contribution in [-0.4, -0.2) is 13.4 Å². The second-order valence-electron chi connectivity index (χ2n) is 3.43. The minimum Gasteiger partial charge on any atom is -0.264 e. The van der Waals surface area contributed by atoms with Gasteiger partial charge >= 0.3 is 0 Å². The first-order chi connectivity index (χ1) is 7.98. The highest BCUT2D eigenvalue weighted by atomic mass is 35.5. The lowest BCUT2D eigenvalue weighted by molar-refractivity contribution is 0.598. The molecule has 1 aromatic carbocycles. The van der Waals surface area contributed by atoms with Crippen molar-refractivity contribution in [3.05, 3.63) is 47.7 Å². The molecule has 2 rings (SSSR count). The standard InChI is InChI=1S/C11H9ClN2O2S/c12-10-4-3-8(6-11(10)17(13,15)16)9-2-1-5-14-7-9/h1-7H,(H2,13,15,16). The number of aromatic nitrogens is 1. The Hall–Kier alpha value is -1.43. The van der Waals surface area contributed by atoms with Gasteiger partial charge in [0.05, 0.1) is 5.02 Å². The van der Waals surface area contributed by atoms with Crippen LogP contribution in [-0.2, 0) is 10.0 Å². The van der Waals surface area contributed by atoms with Crippen LogP contribution in [0.3, 0.4) is 0 Å². The summed E-state index contributed by atoms with van der Waals surface area (Å²) in [4.78, 5) is 3.88. The summed E-state index contributed by atoms with van der Waals surface area (Å²) < 4.78 is 22.6. The lowest BCUT2D eigenvalue weighted by Gasteiger charge is -2.05. The van der Waals surface area contributed by atoms with Gasteiger partial charge in [-0.25, -0.2) is 13.6 Å². The fourth-order valence-electron chi connectivity index (χ4n) is 1.43. The normalized spacial score (nSPS) is 11.4. The number of benzene rings is 1. The molecular formula is C11H9ClN2O2S. The SMILES string of the molecule is NS(=O)(=O)c1cc(-c2cccnc2)ccc1Cl. The largest absolute Gasteiger partial charge is 0.264 e. The molecule has 0 spiro atoms. The molecule has 0 unspecified atom stereocenters. The van der Waals surface area contributed by atoms with E-state index >= 15 is 0 Å². The molecule has 17 heavy (non-hydrogen) atoms. The second-order valence-corrected chi connectivity index (χ2v) is 5.37.